The van der Waals surface area contributed by atoms with Crippen LogP contribution in [0.4, 0.5) is 0 Å². The Labute approximate surface area is 114 Å². The zero-order chi connectivity index (χ0) is 13.2. The maximum atomic E-state index is 12.4. The zero-order valence-corrected chi connectivity index (χ0v) is 12.1. The van der Waals surface area contributed by atoms with Crippen LogP contribution >= 0.6 is 11.8 Å². The lowest BCUT2D eigenvalue weighted by Crippen LogP contribution is -2.27. The highest BCUT2D eigenvalue weighted by atomic mass is 32.2. The van der Waals surface area contributed by atoms with Gasteiger partial charge in [0.25, 0.3) is 0 Å². The lowest BCUT2D eigenvalue weighted by Gasteiger charge is -2.13. The molecule has 0 saturated heterocycles. The predicted octanol–water partition coefficient (Wildman–Crippen LogP) is 3.37. The first-order valence-corrected chi connectivity index (χ1v) is 7.41. The minimum atomic E-state index is -0.110. The largest absolute Gasteiger partial charge is 0.319 e. The van der Waals surface area contributed by atoms with E-state index in [1.54, 1.807) is 0 Å². The van der Waals surface area contributed by atoms with Crippen molar-refractivity contribution in [2.24, 2.45) is 5.41 Å². The van der Waals surface area contributed by atoms with E-state index in [0.29, 0.717) is 11.0 Å². The van der Waals surface area contributed by atoms with Gasteiger partial charge in [-0.05, 0) is 32.0 Å². The first-order chi connectivity index (χ1) is 8.57. The topological polar surface area (TPSA) is 29.1 Å². The van der Waals surface area contributed by atoms with E-state index >= 15 is 0 Å². The van der Waals surface area contributed by atoms with Gasteiger partial charge in [0.05, 0.1) is 0 Å². The minimum absolute atomic E-state index is 0.110. The fraction of sp³-hybridized carbons (Fsp3) is 0.533. The predicted molar refractivity (Wildman–Crippen MR) is 77.4 cm³/mol. The van der Waals surface area contributed by atoms with Gasteiger partial charge in [0.1, 0.15) is 0 Å². The summed E-state index contributed by atoms with van der Waals surface area (Å²) in [5, 5.41) is 3.71. The van der Waals surface area contributed by atoms with Crippen LogP contribution in [0.2, 0.25) is 0 Å². The molecule has 0 radical (unpaired) electrons. The van der Waals surface area contributed by atoms with E-state index in [1.165, 1.54) is 4.90 Å². The number of thioether (sulfide) groups is 1. The zero-order valence-electron chi connectivity index (χ0n) is 11.3. The molecule has 0 spiro atoms. The molecule has 3 heteroatoms. The van der Waals surface area contributed by atoms with Crippen molar-refractivity contribution < 1.29 is 4.79 Å². The number of hydrogen-bond acceptors (Lipinski definition) is 3. The van der Waals surface area contributed by atoms with Crippen molar-refractivity contribution in [3.63, 3.8) is 0 Å². The van der Waals surface area contributed by atoms with E-state index in [0.717, 1.165) is 24.9 Å². The van der Waals surface area contributed by atoms with Crippen molar-refractivity contribution in [3.8, 4) is 0 Å². The van der Waals surface area contributed by atoms with Crippen molar-refractivity contribution in [3.05, 3.63) is 29.8 Å². The third-order valence-electron chi connectivity index (χ3n) is 3.34. The Balaban J connectivity index is 2.08. The number of benzene rings is 1. The number of carbonyl (C=O) groups excluding carboxylic acids is 1. The van der Waals surface area contributed by atoms with Crippen LogP contribution in [0.25, 0.3) is 0 Å². The Morgan fingerprint density at radius 3 is 2.39 bits per heavy atom. The molecule has 1 fully saturated rings. The number of carbonyl (C=O) groups is 1. The van der Waals surface area contributed by atoms with E-state index in [1.807, 2.05) is 30.9 Å². The number of Topliss-reactive ketones (excluding diaryl/α,β-unsaturated/α-hetero) is 1. The highest BCUT2D eigenvalue weighted by Crippen LogP contribution is 2.47. The number of hydrogen-bond donors (Lipinski definition) is 1. The van der Waals surface area contributed by atoms with Gasteiger partial charge in [-0.25, -0.2) is 0 Å². The van der Waals surface area contributed by atoms with E-state index in [9.17, 15) is 4.79 Å². The normalized spacial score (nSPS) is 16.9. The molecule has 1 aromatic carbocycles. The lowest BCUT2D eigenvalue weighted by molar-refractivity contribution is 0.0900. The summed E-state index contributed by atoms with van der Waals surface area (Å²) in [7, 11) is 1.91. The monoisotopic (exact) mass is 263 g/mol. The molecule has 1 aliphatic rings. The molecule has 0 unspecified atom stereocenters. The highest BCUT2D eigenvalue weighted by molar-refractivity contribution is 7.99. The lowest BCUT2D eigenvalue weighted by atomic mass is 9.95. The van der Waals surface area contributed by atoms with Crippen LogP contribution in [0.1, 0.15) is 37.0 Å². The second-order valence-corrected chi connectivity index (χ2v) is 6.98. The Hall–Kier alpha value is -0.800. The fourth-order valence-electron chi connectivity index (χ4n) is 2.24. The Morgan fingerprint density at radius 1 is 1.33 bits per heavy atom. The second kappa shape index (κ2) is 5.45. The van der Waals surface area contributed by atoms with E-state index < -0.39 is 0 Å². The molecule has 98 valence electrons. The summed E-state index contributed by atoms with van der Waals surface area (Å²) >= 11 is 1.83. The van der Waals surface area contributed by atoms with E-state index in [2.05, 4.69) is 31.3 Å². The number of nitrogens with one attached hydrogen (secondary N) is 1. The van der Waals surface area contributed by atoms with Gasteiger partial charge in [0.2, 0.25) is 0 Å². The van der Waals surface area contributed by atoms with Gasteiger partial charge < -0.3 is 5.32 Å². The smallest absolute Gasteiger partial charge is 0.170 e. The van der Waals surface area contributed by atoms with Crippen molar-refractivity contribution in [1.82, 2.24) is 5.32 Å². The molecule has 0 amide bonds. The molecule has 1 aromatic rings. The van der Waals surface area contributed by atoms with Crippen LogP contribution in [-0.4, -0.2) is 24.6 Å². The standard InChI is InChI=1S/C15H21NOS/c1-11(2)18-13-6-4-12(5-7-13)14(17)15(8-9-15)10-16-3/h4-7,11,16H,8-10H2,1-3H3. The first kappa shape index (κ1) is 13.6. The van der Waals surface area contributed by atoms with Gasteiger partial charge in [0, 0.05) is 27.7 Å². The number of rotatable bonds is 6. The summed E-state index contributed by atoms with van der Waals surface area (Å²) in [5.74, 6) is 0.304. The SMILES string of the molecule is CNCC1(C(=O)c2ccc(SC(C)C)cc2)CC1. The van der Waals surface area contributed by atoms with Crippen molar-refractivity contribution >= 4 is 17.5 Å². The molecule has 1 saturated carbocycles. The molecular weight excluding hydrogens is 242 g/mol. The summed E-state index contributed by atoms with van der Waals surface area (Å²) in [6, 6.07) is 8.08. The van der Waals surface area contributed by atoms with Gasteiger partial charge in [-0.1, -0.05) is 26.0 Å². The average molecular weight is 263 g/mol. The molecule has 1 N–H and O–H groups in total. The van der Waals surface area contributed by atoms with Gasteiger partial charge in [-0.2, -0.15) is 0 Å². The highest BCUT2D eigenvalue weighted by Gasteiger charge is 2.48. The summed E-state index contributed by atoms with van der Waals surface area (Å²) in [5.41, 5.74) is 0.748. The van der Waals surface area contributed by atoms with Crippen molar-refractivity contribution in [2.75, 3.05) is 13.6 Å². The fourth-order valence-corrected chi connectivity index (χ4v) is 3.07. The summed E-state index contributed by atoms with van der Waals surface area (Å²) in [6.07, 6.45) is 2.05. The molecule has 18 heavy (non-hydrogen) atoms. The Morgan fingerprint density at radius 2 is 1.94 bits per heavy atom. The van der Waals surface area contributed by atoms with Crippen LogP contribution in [0.3, 0.4) is 0 Å². The van der Waals surface area contributed by atoms with Gasteiger partial charge in [-0.3, -0.25) is 4.79 Å². The molecule has 1 aliphatic carbocycles. The summed E-state index contributed by atoms with van der Waals surface area (Å²) in [6.45, 7) is 5.15. The van der Waals surface area contributed by atoms with Crippen molar-refractivity contribution in [2.45, 2.75) is 36.8 Å². The van der Waals surface area contributed by atoms with E-state index in [-0.39, 0.29) is 5.41 Å². The summed E-state index contributed by atoms with van der Waals surface area (Å²) < 4.78 is 0. The molecule has 0 aromatic heterocycles. The first-order valence-electron chi connectivity index (χ1n) is 6.53. The quantitative estimate of drug-likeness (QED) is 0.630. The van der Waals surface area contributed by atoms with Crippen LogP contribution in [0.5, 0.6) is 0 Å². The molecule has 0 atom stereocenters. The maximum absolute atomic E-state index is 12.4. The molecule has 0 bridgehead atoms. The Kier molecular flexibility index (Phi) is 4.13. The molecule has 2 rings (SSSR count). The van der Waals surface area contributed by atoms with E-state index in [4.69, 9.17) is 0 Å². The third-order valence-corrected chi connectivity index (χ3v) is 4.35. The molecular formula is C15H21NOS. The summed E-state index contributed by atoms with van der Waals surface area (Å²) in [4.78, 5) is 13.6. The Bertz CT molecular complexity index is 421. The van der Waals surface area contributed by atoms with Gasteiger partial charge in [-0.15, -0.1) is 11.8 Å². The molecule has 2 nitrogen and oxygen atoms in total. The van der Waals surface area contributed by atoms with Gasteiger partial charge in [0.15, 0.2) is 5.78 Å². The molecule has 0 aliphatic heterocycles. The maximum Gasteiger partial charge on any atom is 0.170 e. The van der Waals surface area contributed by atoms with Gasteiger partial charge >= 0.3 is 0 Å². The third kappa shape index (κ3) is 2.96. The minimum Gasteiger partial charge on any atom is -0.319 e. The van der Waals surface area contributed by atoms with Crippen LogP contribution in [-0.2, 0) is 0 Å². The molecule has 0 heterocycles. The average Bonchev–Trinajstić information content (AvgIpc) is 3.10. The van der Waals surface area contributed by atoms with Crippen molar-refractivity contribution in [1.29, 1.82) is 0 Å². The van der Waals surface area contributed by atoms with Crippen LogP contribution < -0.4 is 5.32 Å². The second-order valence-electron chi connectivity index (χ2n) is 5.33. The number of ketones is 1. The van der Waals surface area contributed by atoms with Crippen LogP contribution in [0.15, 0.2) is 29.2 Å². The van der Waals surface area contributed by atoms with Crippen LogP contribution in [0, 0.1) is 5.41 Å².